The second kappa shape index (κ2) is 4.32. The van der Waals surface area contributed by atoms with Crippen LogP contribution in [0.4, 0.5) is 4.79 Å². The molecular formula is C6H8O6. The van der Waals surface area contributed by atoms with Crippen molar-refractivity contribution in [2.24, 2.45) is 5.92 Å². The monoisotopic (exact) mass is 176 g/mol. The maximum atomic E-state index is 10.6. The highest BCUT2D eigenvalue weighted by Crippen LogP contribution is 2.05. The molecule has 1 unspecified atom stereocenters. The Morgan fingerprint density at radius 2 is 1.83 bits per heavy atom. The van der Waals surface area contributed by atoms with Gasteiger partial charge in [0.05, 0.1) is 0 Å². The smallest absolute Gasteiger partial charge is 0.481 e. The van der Waals surface area contributed by atoms with Crippen LogP contribution in [0.25, 0.3) is 0 Å². The fourth-order valence-corrected chi connectivity index (χ4v) is 0.599. The highest BCUT2D eigenvalue weighted by atomic mass is 16.7. The number of carboxylic acid groups (broad SMARTS) is 2. The van der Waals surface area contributed by atoms with Gasteiger partial charge in [-0.1, -0.05) is 6.92 Å². The molecule has 0 amide bonds. The van der Waals surface area contributed by atoms with Crippen molar-refractivity contribution in [2.75, 3.05) is 0 Å². The predicted molar refractivity (Wildman–Crippen MR) is 35.5 cm³/mol. The molecule has 0 spiro atoms. The van der Waals surface area contributed by atoms with E-state index in [2.05, 4.69) is 4.74 Å². The van der Waals surface area contributed by atoms with Crippen LogP contribution in [0.3, 0.4) is 0 Å². The first-order valence-electron chi connectivity index (χ1n) is 3.16. The zero-order valence-corrected chi connectivity index (χ0v) is 6.31. The molecule has 0 aliphatic carbocycles. The highest BCUT2D eigenvalue weighted by molar-refractivity contribution is 5.97. The SMILES string of the molecule is CCC(C(=O)O)C(=O)OC(=O)O. The van der Waals surface area contributed by atoms with Gasteiger partial charge in [-0.3, -0.25) is 9.59 Å². The standard InChI is InChI=1S/C6H8O6/c1-2-3(4(7)8)5(9)12-6(10)11/h3H,2H2,1H3,(H,7,8)(H,10,11). The summed E-state index contributed by atoms with van der Waals surface area (Å²) in [6.45, 7) is 1.45. The summed E-state index contributed by atoms with van der Waals surface area (Å²) in [5.74, 6) is -4.04. The Morgan fingerprint density at radius 1 is 1.33 bits per heavy atom. The molecule has 0 aromatic heterocycles. The summed E-state index contributed by atoms with van der Waals surface area (Å²) in [5, 5.41) is 16.3. The number of carbonyl (C=O) groups excluding carboxylic acids is 1. The maximum absolute atomic E-state index is 10.6. The second-order valence-electron chi connectivity index (χ2n) is 1.99. The molecule has 0 saturated carbocycles. The molecule has 6 heteroatoms. The number of esters is 1. The van der Waals surface area contributed by atoms with Crippen LogP contribution in [0.2, 0.25) is 0 Å². The van der Waals surface area contributed by atoms with Gasteiger partial charge in [0.2, 0.25) is 0 Å². The Bertz CT molecular complexity index is 208. The number of carbonyl (C=O) groups is 3. The van der Waals surface area contributed by atoms with Gasteiger partial charge in [-0.2, -0.15) is 0 Å². The molecule has 0 aliphatic rings. The van der Waals surface area contributed by atoms with Crippen LogP contribution in [0.1, 0.15) is 13.3 Å². The summed E-state index contributed by atoms with van der Waals surface area (Å²) in [4.78, 5) is 30.7. The van der Waals surface area contributed by atoms with Gasteiger partial charge in [-0.05, 0) is 6.42 Å². The number of aliphatic carboxylic acids is 1. The zero-order valence-electron chi connectivity index (χ0n) is 6.31. The molecule has 68 valence electrons. The van der Waals surface area contributed by atoms with E-state index in [-0.39, 0.29) is 6.42 Å². The molecule has 2 N–H and O–H groups in total. The molecule has 6 nitrogen and oxygen atoms in total. The zero-order chi connectivity index (χ0) is 9.72. The lowest BCUT2D eigenvalue weighted by Crippen LogP contribution is -2.26. The minimum absolute atomic E-state index is 0.00144. The average Bonchev–Trinajstić information content (AvgIpc) is 1.85. The number of hydrogen-bond donors (Lipinski definition) is 2. The first kappa shape index (κ1) is 10.4. The van der Waals surface area contributed by atoms with E-state index in [0.717, 1.165) is 0 Å². The van der Waals surface area contributed by atoms with Crippen LogP contribution in [0.5, 0.6) is 0 Å². The third kappa shape index (κ3) is 3.00. The molecule has 0 fully saturated rings. The van der Waals surface area contributed by atoms with E-state index in [0.29, 0.717) is 0 Å². The Hall–Kier alpha value is -1.59. The predicted octanol–water partition coefficient (Wildman–Crippen LogP) is 0.318. The minimum Gasteiger partial charge on any atom is -0.481 e. The molecule has 12 heavy (non-hydrogen) atoms. The summed E-state index contributed by atoms with van der Waals surface area (Å²) in [6, 6.07) is 0. The molecule has 0 rings (SSSR count). The second-order valence-corrected chi connectivity index (χ2v) is 1.99. The van der Waals surface area contributed by atoms with E-state index in [9.17, 15) is 14.4 Å². The Labute approximate surface area is 67.8 Å². The lowest BCUT2D eigenvalue weighted by atomic mass is 10.1. The Morgan fingerprint density at radius 3 is 2.08 bits per heavy atom. The van der Waals surface area contributed by atoms with Crippen LogP contribution in [0.15, 0.2) is 0 Å². The molecule has 0 saturated heterocycles. The van der Waals surface area contributed by atoms with Crippen LogP contribution in [-0.2, 0) is 14.3 Å². The van der Waals surface area contributed by atoms with E-state index in [4.69, 9.17) is 10.2 Å². The van der Waals surface area contributed by atoms with Gasteiger partial charge >= 0.3 is 18.1 Å². The molecule has 0 aromatic carbocycles. The average molecular weight is 176 g/mol. The van der Waals surface area contributed by atoms with Gasteiger partial charge < -0.3 is 14.9 Å². The third-order valence-corrected chi connectivity index (χ3v) is 1.18. The summed E-state index contributed by atoms with van der Waals surface area (Å²) in [5.41, 5.74) is 0. The maximum Gasteiger partial charge on any atom is 0.513 e. The quantitative estimate of drug-likeness (QED) is 0.474. The van der Waals surface area contributed by atoms with Crippen LogP contribution in [0, 0.1) is 5.92 Å². The van der Waals surface area contributed by atoms with Gasteiger partial charge in [-0.25, -0.2) is 4.79 Å². The van der Waals surface area contributed by atoms with Crippen LogP contribution < -0.4 is 0 Å². The van der Waals surface area contributed by atoms with Crippen LogP contribution in [-0.4, -0.2) is 28.3 Å². The van der Waals surface area contributed by atoms with Crippen molar-refractivity contribution < 1.29 is 29.3 Å². The Kier molecular flexibility index (Phi) is 3.75. The summed E-state index contributed by atoms with van der Waals surface area (Å²) >= 11 is 0. The largest absolute Gasteiger partial charge is 0.513 e. The number of ether oxygens (including phenoxy) is 1. The van der Waals surface area contributed by atoms with E-state index < -0.39 is 24.0 Å². The first-order valence-corrected chi connectivity index (χ1v) is 3.16. The van der Waals surface area contributed by atoms with Crippen molar-refractivity contribution in [3.8, 4) is 0 Å². The van der Waals surface area contributed by atoms with Crippen LogP contribution >= 0.6 is 0 Å². The minimum atomic E-state index is -1.79. The van der Waals surface area contributed by atoms with Crippen molar-refractivity contribution >= 4 is 18.1 Å². The van der Waals surface area contributed by atoms with E-state index in [1.807, 2.05) is 0 Å². The molecule has 0 bridgehead atoms. The molecule has 0 heterocycles. The lowest BCUT2D eigenvalue weighted by molar-refractivity contribution is -0.155. The third-order valence-electron chi connectivity index (χ3n) is 1.18. The highest BCUT2D eigenvalue weighted by Gasteiger charge is 2.27. The topological polar surface area (TPSA) is 101 Å². The van der Waals surface area contributed by atoms with E-state index >= 15 is 0 Å². The van der Waals surface area contributed by atoms with Gasteiger partial charge in [-0.15, -0.1) is 0 Å². The first-order chi connectivity index (χ1) is 5.49. The lowest BCUT2D eigenvalue weighted by Gasteiger charge is -2.05. The Balaban J connectivity index is 4.22. The molecule has 1 atom stereocenters. The molecular weight excluding hydrogens is 168 g/mol. The normalized spacial score (nSPS) is 11.8. The van der Waals surface area contributed by atoms with Crippen molar-refractivity contribution in [3.63, 3.8) is 0 Å². The van der Waals surface area contributed by atoms with Crippen molar-refractivity contribution in [2.45, 2.75) is 13.3 Å². The van der Waals surface area contributed by atoms with Crippen molar-refractivity contribution in [3.05, 3.63) is 0 Å². The fraction of sp³-hybridized carbons (Fsp3) is 0.500. The van der Waals surface area contributed by atoms with Crippen molar-refractivity contribution in [1.29, 1.82) is 0 Å². The number of carboxylic acids is 1. The summed E-state index contributed by atoms with van der Waals surface area (Å²) in [7, 11) is 0. The van der Waals surface area contributed by atoms with Gasteiger partial charge in [0.1, 0.15) is 0 Å². The fourth-order valence-electron chi connectivity index (χ4n) is 0.599. The van der Waals surface area contributed by atoms with E-state index in [1.165, 1.54) is 6.92 Å². The van der Waals surface area contributed by atoms with Gasteiger partial charge in [0, 0.05) is 0 Å². The number of hydrogen-bond acceptors (Lipinski definition) is 4. The van der Waals surface area contributed by atoms with Gasteiger partial charge in [0.25, 0.3) is 0 Å². The molecule has 0 aliphatic heterocycles. The summed E-state index contributed by atoms with van der Waals surface area (Å²) < 4.78 is 3.66. The van der Waals surface area contributed by atoms with Crippen molar-refractivity contribution in [1.82, 2.24) is 0 Å². The van der Waals surface area contributed by atoms with E-state index in [1.54, 1.807) is 0 Å². The van der Waals surface area contributed by atoms with Gasteiger partial charge in [0.15, 0.2) is 5.92 Å². The molecule has 0 radical (unpaired) electrons. The number of rotatable bonds is 3. The summed E-state index contributed by atoms with van der Waals surface area (Å²) in [6.07, 6.45) is -1.79. The molecule has 0 aromatic rings.